The van der Waals surface area contributed by atoms with Gasteiger partial charge in [-0.2, -0.15) is 5.26 Å². The molecule has 17 heavy (non-hydrogen) atoms. The Balaban J connectivity index is 2.64. The molecule has 1 N–H and O–H groups in total. The minimum atomic E-state index is -0.136. The molecule has 0 saturated heterocycles. The summed E-state index contributed by atoms with van der Waals surface area (Å²) in [5.74, 6) is 1.18. The number of rotatable bonds is 6. The molecule has 0 spiro atoms. The van der Waals surface area contributed by atoms with Crippen LogP contribution in [-0.2, 0) is 0 Å². The van der Waals surface area contributed by atoms with Crippen molar-refractivity contribution in [2.45, 2.75) is 32.7 Å². The van der Waals surface area contributed by atoms with Crippen LogP contribution in [0, 0.1) is 17.2 Å². The minimum Gasteiger partial charge on any atom is -0.497 e. The monoisotopic (exact) mass is 232 g/mol. The van der Waals surface area contributed by atoms with Crippen molar-refractivity contribution in [1.29, 1.82) is 5.26 Å². The van der Waals surface area contributed by atoms with Crippen LogP contribution in [0.5, 0.6) is 5.75 Å². The second-order valence-electron chi connectivity index (χ2n) is 4.25. The van der Waals surface area contributed by atoms with Crippen molar-refractivity contribution in [3.05, 3.63) is 24.3 Å². The van der Waals surface area contributed by atoms with Crippen LogP contribution >= 0.6 is 0 Å². The van der Waals surface area contributed by atoms with E-state index in [1.54, 1.807) is 7.11 Å². The van der Waals surface area contributed by atoms with E-state index in [0.29, 0.717) is 5.92 Å². The molecule has 92 valence electrons. The van der Waals surface area contributed by atoms with Crippen LogP contribution in [0.25, 0.3) is 0 Å². The smallest absolute Gasteiger partial charge is 0.119 e. The van der Waals surface area contributed by atoms with E-state index in [1.807, 2.05) is 24.3 Å². The number of nitriles is 1. The lowest BCUT2D eigenvalue weighted by atomic mass is 9.98. The maximum atomic E-state index is 9.15. The standard InChI is InChI=1S/C14H20N2O/c1-4-5-11(2)14(10-15)16-12-6-8-13(17-3)9-7-12/h6-9,11,14,16H,4-5H2,1-3H3. The number of hydrogen-bond acceptors (Lipinski definition) is 3. The zero-order valence-corrected chi connectivity index (χ0v) is 10.7. The Morgan fingerprint density at radius 2 is 2.00 bits per heavy atom. The lowest BCUT2D eigenvalue weighted by Gasteiger charge is -2.19. The number of methoxy groups -OCH3 is 1. The zero-order chi connectivity index (χ0) is 12.7. The Bertz CT molecular complexity index is 367. The van der Waals surface area contributed by atoms with Crippen LogP contribution in [0.1, 0.15) is 26.7 Å². The molecular weight excluding hydrogens is 212 g/mol. The van der Waals surface area contributed by atoms with Gasteiger partial charge < -0.3 is 10.1 Å². The average molecular weight is 232 g/mol. The summed E-state index contributed by atoms with van der Waals surface area (Å²) in [7, 11) is 1.64. The minimum absolute atomic E-state index is 0.136. The average Bonchev–Trinajstić information content (AvgIpc) is 2.37. The molecular formula is C14H20N2O. The molecule has 0 aliphatic carbocycles. The van der Waals surface area contributed by atoms with Crippen molar-refractivity contribution in [3.63, 3.8) is 0 Å². The van der Waals surface area contributed by atoms with Crippen LogP contribution in [0.2, 0.25) is 0 Å². The quantitative estimate of drug-likeness (QED) is 0.817. The Kier molecular flexibility index (Phi) is 5.35. The largest absolute Gasteiger partial charge is 0.497 e. The number of benzene rings is 1. The maximum Gasteiger partial charge on any atom is 0.119 e. The molecule has 2 atom stereocenters. The van der Waals surface area contributed by atoms with E-state index in [9.17, 15) is 0 Å². The highest BCUT2D eigenvalue weighted by atomic mass is 16.5. The van der Waals surface area contributed by atoms with Crippen molar-refractivity contribution < 1.29 is 4.74 Å². The lowest BCUT2D eigenvalue weighted by Crippen LogP contribution is -2.25. The van der Waals surface area contributed by atoms with Crippen LogP contribution in [0.3, 0.4) is 0 Å². The SMILES string of the molecule is CCCC(C)C(C#N)Nc1ccc(OC)cc1. The molecule has 1 rings (SSSR count). The van der Waals surface area contributed by atoms with Crippen LogP contribution in [0.15, 0.2) is 24.3 Å². The summed E-state index contributed by atoms with van der Waals surface area (Å²) in [6, 6.07) is 9.83. The van der Waals surface area contributed by atoms with Crippen LogP contribution in [-0.4, -0.2) is 13.2 Å². The highest BCUT2D eigenvalue weighted by Gasteiger charge is 2.15. The van der Waals surface area contributed by atoms with Gasteiger partial charge in [0.1, 0.15) is 11.8 Å². The zero-order valence-electron chi connectivity index (χ0n) is 10.7. The van der Waals surface area contributed by atoms with Gasteiger partial charge >= 0.3 is 0 Å². The predicted molar refractivity (Wildman–Crippen MR) is 70.1 cm³/mol. The van der Waals surface area contributed by atoms with Crippen LogP contribution < -0.4 is 10.1 Å². The van der Waals surface area contributed by atoms with E-state index in [1.165, 1.54) is 0 Å². The molecule has 0 aliphatic rings. The Hall–Kier alpha value is -1.69. The third-order valence-corrected chi connectivity index (χ3v) is 2.86. The second-order valence-corrected chi connectivity index (χ2v) is 4.25. The van der Waals surface area contributed by atoms with Crippen LogP contribution in [0.4, 0.5) is 5.69 Å². The third kappa shape index (κ3) is 3.99. The number of anilines is 1. The Morgan fingerprint density at radius 1 is 1.35 bits per heavy atom. The molecule has 1 aromatic rings. The number of ether oxygens (including phenoxy) is 1. The Morgan fingerprint density at radius 3 is 2.47 bits per heavy atom. The van der Waals surface area contributed by atoms with Gasteiger partial charge in [-0.05, 0) is 36.6 Å². The summed E-state index contributed by atoms with van der Waals surface area (Å²) < 4.78 is 5.09. The van der Waals surface area contributed by atoms with Gasteiger partial charge in [-0.1, -0.05) is 20.3 Å². The third-order valence-electron chi connectivity index (χ3n) is 2.86. The molecule has 2 unspecified atom stereocenters. The molecule has 0 bridgehead atoms. The first-order valence-electron chi connectivity index (χ1n) is 6.01. The summed E-state index contributed by atoms with van der Waals surface area (Å²) >= 11 is 0. The van der Waals surface area contributed by atoms with E-state index in [0.717, 1.165) is 24.3 Å². The van der Waals surface area contributed by atoms with Gasteiger partial charge in [-0.3, -0.25) is 0 Å². The fourth-order valence-corrected chi connectivity index (χ4v) is 1.79. The lowest BCUT2D eigenvalue weighted by molar-refractivity contribution is 0.415. The van der Waals surface area contributed by atoms with E-state index < -0.39 is 0 Å². The second kappa shape index (κ2) is 6.80. The van der Waals surface area contributed by atoms with Crippen molar-refractivity contribution in [2.75, 3.05) is 12.4 Å². The predicted octanol–water partition coefficient (Wildman–Crippen LogP) is 3.44. The summed E-state index contributed by atoms with van der Waals surface area (Å²) in [5, 5.41) is 12.4. The highest BCUT2D eigenvalue weighted by Crippen LogP contribution is 2.19. The Labute approximate surface area is 103 Å². The topological polar surface area (TPSA) is 45.0 Å². The van der Waals surface area contributed by atoms with E-state index in [-0.39, 0.29) is 6.04 Å². The summed E-state index contributed by atoms with van der Waals surface area (Å²) in [6.07, 6.45) is 2.16. The van der Waals surface area contributed by atoms with Gasteiger partial charge in [0.2, 0.25) is 0 Å². The molecule has 0 amide bonds. The van der Waals surface area contributed by atoms with E-state index in [2.05, 4.69) is 25.2 Å². The first-order chi connectivity index (χ1) is 8.21. The van der Waals surface area contributed by atoms with Gasteiger partial charge in [-0.15, -0.1) is 0 Å². The van der Waals surface area contributed by atoms with Crippen molar-refractivity contribution in [2.24, 2.45) is 5.92 Å². The molecule has 0 aliphatic heterocycles. The molecule has 3 heteroatoms. The van der Waals surface area contributed by atoms with Gasteiger partial charge in [0.05, 0.1) is 13.2 Å². The van der Waals surface area contributed by atoms with Gasteiger partial charge in [-0.25, -0.2) is 0 Å². The summed E-state index contributed by atoms with van der Waals surface area (Å²) in [5.41, 5.74) is 0.959. The van der Waals surface area contributed by atoms with Crippen molar-refractivity contribution in [3.8, 4) is 11.8 Å². The summed E-state index contributed by atoms with van der Waals surface area (Å²) in [6.45, 7) is 4.24. The van der Waals surface area contributed by atoms with Crippen molar-refractivity contribution >= 4 is 5.69 Å². The fourth-order valence-electron chi connectivity index (χ4n) is 1.79. The first kappa shape index (κ1) is 13.4. The molecule has 0 saturated carbocycles. The normalized spacial score (nSPS) is 13.5. The molecule has 0 heterocycles. The first-order valence-corrected chi connectivity index (χ1v) is 6.01. The molecule has 0 radical (unpaired) electrons. The number of nitrogens with zero attached hydrogens (tertiary/aromatic N) is 1. The van der Waals surface area contributed by atoms with Crippen molar-refractivity contribution in [1.82, 2.24) is 0 Å². The van der Waals surface area contributed by atoms with E-state index in [4.69, 9.17) is 10.00 Å². The molecule has 0 fully saturated rings. The number of nitrogens with one attached hydrogen (secondary N) is 1. The molecule has 3 nitrogen and oxygen atoms in total. The molecule has 1 aromatic carbocycles. The van der Waals surface area contributed by atoms with Gasteiger partial charge in [0.15, 0.2) is 0 Å². The maximum absolute atomic E-state index is 9.15. The highest BCUT2D eigenvalue weighted by molar-refractivity contribution is 5.48. The van der Waals surface area contributed by atoms with Gasteiger partial charge in [0.25, 0.3) is 0 Å². The number of hydrogen-bond donors (Lipinski definition) is 1. The fraction of sp³-hybridized carbons (Fsp3) is 0.500. The summed E-state index contributed by atoms with van der Waals surface area (Å²) in [4.78, 5) is 0. The van der Waals surface area contributed by atoms with Gasteiger partial charge in [0, 0.05) is 5.69 Å². The van der Waals surface area contributed by atoms with E-state index >= 15 is 0 Å². The molecule has 0 aromatic heterocycles.